The van der Waals surface area contributed by atoms with Crippen LogP contribution < -0.4 is 21.2 Å². The highest BCUT2D eigenvalue weighted by atomic mass is 127. The average Bonchev–Trinajstić information content (AvgIpc) is 2.65. The summed E-state index contributed by atoms with van der Waals surface area (Å²) in [7, 11) is 0. The van der Waals surface area contributed by atoms with Crippen LogP contribution in [0.1, 0.15) is 0 Å². The Kier molecular flexibility index (Phi) is 9.81. The molecule has 0 unspecified atom stereocenters. The first-order chi connectivity index (χ1) is 11.9. The molecule has 1 aliphatic carbocycles. The van der Waals surface area contributed by atoms with Gasteiger partial charge in [-0.25, -0.2) is 0 Å². The minimum Gasteiger partial charge on any atom is -0.120 e. The average molecular weight is 572 g/mol. The van der Waals surface area contributed by atoms with Gasteiger partial charge in [0, 0.05) is 0 Å². The van der Waals surface area contributed by atoms with E-state index in [1.807, 2.05) is 0 Å². The van der Waals surface area contributed by atoms with Crippen molar-refractivity contribution < 1.29 is 21.2 Å². The van der Waals surface area contributed by atoms with Crippen molar-refractivity contribution >= 4 is 69.6 Å². The SMILES string of the molecule is Cl[C@H]1[C@H](Cl)[C@@H](Cl)[C@@H](Cl)[C@H](Cl)[C@H]1Cl.c1ccc([I+]c2ccccc2)cc1. The molecule has 7 heteroatoms. The van der Waals surface area contributed by atoms with Gasteiger partial charge in [0.15, 0.2) is 7.14 Å². The van der Waals surface area contributed by atoms with E-state index in [0.29, 0.717) is 0 Å². The van der Waals surface area contributed by atoms with Crippen LogP contribution in [-0.2, 0) is 0 Å². The maximum Gasteiger partial charge on any atom is 0.357 e. The molecule has 1 fully saturated rings. The maximum absolute atomic E-state index is 5.88. The van der Waals surface area contributed by atoms with E-state index in [4.69, 9.17) is 69.6 Å². The molecule has 0 atom stereocenters. The predicted molar refractivity (Wildman–Crippen MR) is 108 cm³/mol. The van der Waals surface area contributed by atoms with Gasteiger partial charge in [-0.15, -0.1) is 69.6 Å². The summed E-state index contributed by atoms with van der Waals surface area (Å²) in [6.45, 7) is 0. The van der Waals surface area contributed by atoms with Gasteiger partial charge >= 0.3 is 21.2 Å². The highest BCUT2D eigenvalue weighted by Gasteiger charge is 2.46. The lowest BCUT2D eigenvalue weighted by Gasteiger charge is -2.37. The smallest absolute Gasteiger partial charge is 0.120 e. The van der Waals surface area contributed by atoms with E-state index >= 15 is 0 Å². The molecule has 25 heavy (non-hydrogen) atoms. The number of hydrogen-bond donors (Lipinski definition) is 0. The summed E-state index contributed by atoms with van der Waals surface area (Å²) in [5, 5.41) is -2.62. The third-order valence-corrected chi connectivity index (χ3v) is 10.2. The van der Waals surface area contributed by atoms with Gasteiger partial charge < -0.3 is 0 Å². The van der Waals surface area contributed by atoms with Crippen LogP contribution in [-0.4, -0.2) is 32.3 Å². The van der Waals surface area contributed by atoms with Gasteiger partial charge in [0.05, 0.1) is 32.3 Å². The van der Waals surface area contributed by atoms with Crippen molar-refractivity contribution in [3.05, 3.63) is 67.8 Å². The molecule has 0 N–H and O–H groups in total. The summed E-state index contributed by atoms with van der Waals surface area (Å²) in [5.74, 6) is 0. The van der Waals surface area contributed by atoms with Crippen molar-refractivity contribution in [2.75, 3.05) is 0 Å². The van der Waals surface area contributed by atoms with Crippen molar-refractivity contribution in [1.82, 2.24) is 0 Å². The molecule has 2 aromatic carbocycles. The van der Waals surface area contributed by atoms with Crippen LogP contribution in [0.15, 0.2) is 60.7 Å². The fraction of sp³-hybridized carbons (Fsp3) is 0.333. The van der Waals surface area contributed by atoms with Crippen LogP contribution in [0.2, 0.25) is 0 Å². The molecule has 0 heterocycles. The largest absolute Gasteiger partial charge is 0.357 e. The molecule has 0 nitrogen and oxygen atoms in total. The Morgan fingerprint density at radius 1 is 0.440 bits per heavy atom. The number of alkyl halides is 6. The van der Waals surface area contributed by atoms with Crippen molar-refractivity contribution in [2.24, 2.45) is 0 Å². The molecule has 1 aliphatic rings. The first-order valence-corrected chi connectivity index (χ1v) is 12.3. The van der Waals surface area contributed by atoms with Crippen LogP contribution in [0, 0.1) is 7.14 Å². The molecule has 0 saturated heterocycles. The zero-order chi connectivity index (χ0) is 18.4. The summed E-state index contributed by atoms with van der Waals surface area (Å²) in [6, 6.07) is 21.4. The molecule has 1 saturated carbocycles. The molecule has 3 rings (SSSR count). The monoisotopic (exact) mass is 569 g/mol. The van der Waals surface area contributed by atoms with Crippen molar-refractivity contribution in [3.63, 3.8) is 0 Å². The summed E-state index contributed by atoms with van der Waals surface area (Å²) in [6.07, 6.45) is 0. The van der Waals surface area contributed by atoms with Crippen LogP contribution in [0.4, 0.5) is 0 Å². The Hall–Kier alpha value is 0.910. The fourth-order valence-electron chi connectivity index (χ4n) is 2.14. The van der Waals surface area contributed by atoms with Crippen molar-refractivity contribution in [3.8, 4) is 0 Å². The first-order valence-electron chi connectivity index (χ1n) is 7.51. The summed E-state index contributed by atoms with van der Waals surface area (Å²) < 4.78 is 2.96. The summed E-state index contributed by atoms with van der Waals surface area (Å²) in [5.41, 5.74) is 0. The fourth-order valence-corrected chi connectivity index (χ4v) is 6.73. The zero-order valence-corrected chi connectivity index (χ0v) is 19.6. The zero-order valence-electron chi connectivity index (χ0n) is 12.9. The number of benzene rings is 2. The lowest BCUT2D eigenvalue weighted by molar-refractivity contribution is -0.597. The third-order valence-electron chi connectivity index (χ3n) is 3.51. The summed E-state index contributed by atoms with van der Waals surface area (Å²) in [4.78, 5) is 0. The number of rotatable bonds is 2. The maximum atomic E-state index is 5.88. The van der Waals surface area contributed by atoms with Gasteiger partial charge in [-0.1, -0.05) is 36.4 Å². The molecule has 0 aromatic heterocycles. The third kappa shape index (κ3) is 6.48. The molecule has 2 aromatic rings. The standard InChI is InChI=1S/C12H10I.C6H6Cl6/c1-3-7-11(8-4-1)13-12-9-5-2-6-10-12;7-1-2(8)4(10)6(12)5(11)3(1)9/h1-10H;1-6H/q+1;/t;1-,2-,3-,4+,5+,6+. The van der Waals surface area contributed by atoms with E-state index in [1.165, 1.54) is 7.14 Å². The van der Waals surface area contributed by atoms with Gasteiger partial charge in [0.2, 0.25) is 0 Å². The quantitative estimate of drug-likeness (QED) is 0.383. The second-order valence-corrected chi connectivity index (χ2v) is 11.4. The van der Waals surface area contributed by atoms with Gasteiger partial charge in [-0.05, 0) is 24.3 Å². The molecule has 0 radical (unpaired) electrons. The molecular formula is C18H16Cl6I+. The Morgan fingerprint density at radius 2 is 0.680 bits per heavy atom. The van der Waals surface area contributed by atoms with Gasteiger partial charge in [-0.3, -0.25) is 0 Å². The molecule has 136 valence electrons. The van der Waals surface area contributed by atoms with E-state index in [9.17, 15) is 0 Å². The Morgan fingerprint density at radius 3 is 0.920 bits per heavy atom. The molecular weight excluding hydrogens is 556 g/mol. The number of halogens is 7. The van der Waals surface area contributed by atoms with Gasteiger partial charge in [0.25, 0.3) is 0 Å². The topological polar surface area (TPSA) is 0 Å². The van der Waals surface area contributed by atoms with E-state index in [0.717, 1.165) is 0 Å². The Labute approximate surface area is 189 Å². The highest BCUT2D eigenvalue weighted by Crippen LogP contribution is 2.39. The van der Waals surface area contributed by atoms with Crippen molar-refractivity contribution in [2.45, 2.75) is 32.3 Å². The first kappa shape index (κ1) is 22.2. The lowest BCUT2D eigenvalue weighted by Crippen LogP contribution is -3.61. The van der Waals surface area contributed by atoms with Crippen LogP contribution >= 0.6 is 69.6 Å². The van der Waals surface area contributed by atoms with E-state index in [-0.39, 0.29) is 21.2 Å². The minimum atomic E-state index is -0.437. The van der Waals surface area contributed by atoms with Crippen LogP contribution in [0.5, 0.6) is 0 Å². The van der Waals surface area contributed by atoms with Gasteiger partial charge in [-0.2, -0.15) is 0 Å². The summed E-state index contributed by atoms with van der Waals surface area (Å²) >= 11 is 35.3. The predicted octanol–water partition coefficient (Wildman–Crippen LogP) is 3.46. The lowest BCUT2D eigenvalue weighted by atomic mass is 9.97. The van der Waals surface area contributed by atoms with Crippen LogP contribution in [0.3, 0.4) is 0 Å². The molecule has 0 spiro atoms. The van der Waals surface area contributed by atoms with E-state index in [2.05, 4.69) is 60.7 Å². The number of hydrogen-bond acceptors (Lipinski definition) is 0. The molecule has 0 amide bonds. The van der Waals surface area contributed by atoms with E-state index < -0.39 is 32.3 Å². The second-order valence-electron chi connectivity index (χ2n) is 5.35. The normalized spacial score (nSPS) is 31.8. The van der Waals surface area contributed by atoms with E-state index in [1.54, 1.807) is 0 Å². The van der Waals surface area contributed by atoms with Crippen molar-refractivity contribution in [1.29, 1.82) is 0 Å². The van der Waals surface area contributed by atoms with Gasteiger partial charge in [0.1, 0.15) is 0 Å². The van der Waals surface area contributed by atoms with Crippen LogP contribution in [0.25, 0.3) is 0 Å². The highest BCUT2D eigenvalue weighted by molar-refractivity contribution is 6.45. The minimum absolute atomic E-state index is 0.0287. The Bertz CT molecular complexity index is 530. The molecule has 0 aliphatic heterocycles. The Balaban J connectivity index is 0.000000181. The second kappa shape index (κ2) is 11.0. The molecule has 0 bridgehead atoms.